The largest absolute Gasteiger partial charge is 0.355 e. The van der Waals surface area contributed by atoms with Gasteiger partial charge in [-0.3, -0.25) is 4.79 Å². The first-order chi connectivity index (χ1) is 13.1. The van der Waals surface area contributed by atoms with Crippen LogP contribution in [-0.2, 0) is 11.2 Å². The van der Waals surface area contributed by atoms with Crippen LogP contribution in [0.15, 0.2) is 53.1 Å². The number of nitrogens with zero attached hydrogens (tertiary/aromatic N) is 2. The summed E-state index contributed by atoms with van der Waals surface area (Å²) in [6.07, 6.45) is 1.25. The van der Waals surface area contributed by atoms with Gasteiger partial charge in [-0.1, -0.05) is 28.9 Å². The predicted octanol–water partition coefficient (Wildman–Crippen LogP) is 3.99. The zero-order valence-electron chi connectivity index (χ0n) is 14.4. The number of nitrogens with one attached hydrogen (secondary N) is 1. The molecule has 0 radical (unpaired) electrons. The zero-order chi connectivity index (χ0) is 18.8. The molecule has 2 atom stereocenters. The molecule has 5 nitrogen and oxygen atoms in total. The second kappa shape index (κ2) is 7.48. The van der Waals surface area contributed by atoms with Crippen molar-refractivity contribution in [3.8, 4) is 11.4 Å². The molecule has 138 valence electrons. The van der Waals surface area contributed by atoms with Crippen LogP contribution in [0.1, 0.15) is 23.8 Å². The van der Waals surface area contributed by atoms with Gasteiger partial charge in [-0.05, 0) is 54.3 Å². The van der Waals surface area contributed by atoms with Crippen molar-refractivity contribution in [3.05, 3.63) is 70.8 Å². The second-order valence-electron chi connectivity index (χ2n) is 6.56. The Labute approximate surface area is 160 Å². The van der Waals surface area contributed by atoms with Gasteiger partial charge in [0.2, 0.25) is 17.6 Å². The summed E-state index contributed by atoms with van der Waals surface area (Å²) in [5.41, 5.74) is 1.82. The number of hydrogen-bond acceptors (Lipinski definition) is 4. The van der Waals surface area contributed by atoms with Gasteiger partial charge >= 0.3 is 0 Å². The third-order valence-electron chi connectivity index (χ3n) is 4.63. The number of carbonyl (C=O) groups excluding carboxylic acids is 1. The number of aromatic nitrogens is 2. The van der Waals surface area contributed by atoms with Crippen LogP contribution in [0.5, 0.6) is 0 Å². The van der Waals surface area contributed by atoms with E-state index in [0.717, 1.165) is 17.5 Å². The van der Waals surface area contributed by atoms with Gasteiger partial charge in [0.1, 0.15) is 5.82 Å². The molecule has 1 aliphatic rings. The Hall–Kier alpha value is -2.73. The van der Waals surface area contributed by atoms with Gasteiger partial charge in [0.05, 0.1) is 0 Å². The fourth-order valence-electron chi connectivity index (χ4n) is 3.06. The van der Waals surface area contributed by atoms with Crippen LogP contribution in [0.4, 0.5) is 4.39 Å². The SMILES string of the molecule is O=C(NCCc1nc(-c2ccc(Cl)cc2)no1)C1CC1c1ccc(F)cc1. The lowest BCUT2D eigenvalue weighted by atomic mass is 10.1. The van der Waals surface area contributed by atoms with Crippen molar-refractivity contribution in [2.45, 2.75) is 18.8 Å². The molecule has 1 heterocycles. The van der Waals surface area contributed by atoms with Crippen molar-refractivity contribution in [3.63, 3.8) is 0 Å². The molecule has 1 N–H and O–H groups in total. The number of rotatable bonds is 6. The summed E-state index contributed by atoms with van der Waals surface area (Å²) < 4.78 is 18.2. The van der Waals surface area contributed by atoms with E-state index >= 15 is 0 Å². The minimum atomic E-state index is -0.266. The Morgan fingerprint density at radius 2 is 1.93 bits per heavy atom. The molecule has 1 aliphatic carbocycles. The van der Waals surface area contributed by atoms with Crippen LogP contribution >= 0.6 is 11.6 Å². The Balaban J connectivity index is 1.26. The molecule has 0 aliphatic heterocycles. The smallest absolute Gasteiger partial charge is 0.228 e. The number of halogens is 2. The first kappa shape index (κ1) is 17.7. The topological polar surface area (TPSA) is 68.0 Å². The summed E-state index contributed by atoms with van der Waals surface area (Å²) >= 11 is 5.87. The first-order valence-electron chi connectivity index (χ1n) is 8.72. The second-order valence-corrected chi connectivity index (χ2v) is 7.00. The molecule has 0 spiro atoms. The molecule has 1 fully saturated rings. The quantitative estimate of drug-likeness (QED) is 0.696. The van der Waals surface area contributed by atoms with Crippen molar-refractivity contribution in [1.29, 1.82) is 0 Å². The third kappa shape index (κ3) is 4.17. The Morgan fingerprint density at radius 3 is 2.67 bits per heavy atom. The van der Waals surface area contributed by atoms with Crippen LogP contribution in [0, 0.1) is 11.7 Å². The summed E-state index contributed by atoms with van der Waals surface area (Å²) in [6.45, 7) is 0.424. The van der Waals surface area contributed by atoms with E-state index in [4.69, 9.17) is 16.1 Å². The molecule has 0 bridgehead atoms. The van der Waals surface area contributed by atoms with E-state index in [0.29, 0.717) is 29.7 Å². The zero-order valence-corrected chi connectivity index (χ0v) is 15.1. The van der Waals surface area contributed by atoms with Crippen molar-refractivity contribution in [1.82, 2.24) is 15.5 Å². The molecule has 2 aromatic carbocycles. The van der Waals surface area contributed by atoms with Crippen LogP contribution < -0.4 is 5.32 Å². The molecule has 1 saturated carbocycles. The van der Waals surface area contributed by atoms with E-state index in [9.17, 15) is 9.18 Å². The maximum absolute atomic E-state index is 13.0. The maximum atomic E-state index is 13.0. The minimum Gasteiger partial charge on any atom is -0.355 e. The summed E-state index contributed by atoms with van der Waals surface area (Å²) in [4.78, 5) is 16.6. The highest BCUT2D eigenvalue weighted by Gasteiger charge is 2.43. The van der Waals surface area contributed by atoms with Gasteiger partial charge in [-0.25, -0.2) is 4.39 Å². The van der Waals surface area contributed by atoms with E-state index in [-0.39, 0.29) is 23.6 Å². The molecule has 0 saturated heterocycles. The van der Waals surface area contributed by atoms with E-state index < -0.39 is 0 Å². The first-order valence-corrected chi connectivity index (χ1v) is 9.09. The van der Waals surface area contributed by atoms with Crippen LogP contribution in [0.25, 0.3) is 11.4 Å². The van der Waals surface area contributed by atoms with Gasteiger partial charge in [0.15, 0.2) is 0 Å². The van der Waals surface area contributed by atoms with Crippen molar-refractivity contribution in [2.24, 2.45) is 5.92 Å². The monoisotopic (exact) mass is 385 g/mol. The fourth-order valence-corrected chi connectivity index (χ4v) is 3.19. The number of carbonyl (C=O) groups is 1. The molecular weight excluding hydrogens is 369 g/mol. The Bertz CT molecular complexity index is 941. The van der Waals surface area contributed by atoms with Gasteiger partial charge in [-0.2, -0.15) is 4.98 Å². The lowest BCUT2D eigenvalue weighted by Crippen LogP contribution is -2.27. The van der Waals surface area contributed by atoms with Crippen molar-refractivity contribution < 1.29 is 13.7 Å². The van der Waals surface area contributed by atoms with Crippen molar-refractivity contribution >= 4 is 17.5 Å². The summed E-state index contributed by atoms with van der Waals surface area (Å²) in [5, 5.41) is 7.49. The van der Waals surface area contributed by atoms with E-state index in [1.165, 1.54) is 12.1 Å². The highest BCUT2D eigenvalue weighted by molar-refractivity contribution is 6.30. The Morgan fingerprint density at radius 1 is 1.19 bits per heavy atom. The molecule has 1 amide bonds. The molecule has 1 aromatic heterocycles. The van der Waals surface area contributed by atoms with E-state index in [1.807, 2.05) is 12.1 Å². The summed E-state index contributed by atoms with van der Waals surface area (Å²) in [7, 11) is 0. The summed E-state index contributed by atoms with van der Waals surface area (Å²) in [5.74, 6) is 0.811. The molecule has 3 aromatic rings. The highest BCUT2D eigenvalue weighted by atomic mass is 35.5. The van der Waals surface area contributed by atoms with Gasteiger partial charge in [0.25, 0.3) is 0 Å². The standard InChI is InChI=1S/C20H17ClFN3O2/c21-14-5-1-13(2-6-14)19-24-18(27-25-19)9-10-23-20(26)17-11-16(17)12-3-7-15(22)8-4-12/h1-8,16-17H,9-11H2,(H,23,26). The van der Waals surface area contributed by atoms with E-state index in [2.05, 4.69) is 15.5 Å². The minimum absolute atomic E-state index is 0.00163. The van der Waals surface area contributed by atoms with Gasteiger partial charge in [-0.15, -0.1) is 0 Å². The maximum Gasteiger partial charge on any atom is 0.228 e. The lowest BCUT2D eigenvalue weighted by Gasteiger charge is -2.03. The Kier molecular flexibility index (Phi) is 4.90. The molecular formula is C20H17ClFN3O2. The summed E-state index contributed by atoms with van der Waals surface area (Å²) in [6, 6.07) is 13.5. The number of hydrogen-bond donors (Lipinski definition) is 1. The van der Waals surface area contributed by atoms with Crippen molar-refractivity contribution in [2.75, 3.05) is 6.54 Å². The number of amides is 1. The van der Waals surface area contributed by atoms with Crippen LogP contribution in [-0.4, -0.2) is 22.6 Å². The van der Waals surface area contributed by atoms with Gasteiger partial charge in [0, 0.05) is 29.5 Å². The highest BCUT2D eigenvalue weighted by Crippen LogP contribution is 2.47. The molecule has 2 unspecified atom stereocenters. The number of benzene rings is 2. The molecule has 4 rings (SSSR count). The third-order valence-corrected chi connectivity index (χ3v) is 4.89. The van der Waals surface area contributed by atoms with Crippen LogP contribution in [0.3, 0.4) is 0 Å². The fraction of sp³-hybridized carbons (Fsp3) is 0.250. The van der Waals surface area contributed by atoms with Gasteiger partial charge < -0.3 is 9.84 Å². The van der Waals surface area contributed by atoms with E-state index in [1.54, 1.807) is 24.3 Å². The lowest BCUT2D eigenvalue weighted by molar-refractivity contribution is -0.122. The average Bonchev–Trinajstić information content (AvgIpc) is 3.34. The normalized spacial score (nSPS) is 18.3. The average molecular weight is 386 g/mol. The van der Waals surface area contributed by atoms with Crippen LogP contribution in [0.2, 0.25) is 5.02 Å². The molecule has 27 heavy (non-hydrogen) atoms. The predicted molar refractivity (Wildman–Crippen MR) is 98.7 cm³/mol. The molecule has 7 heteroatoms.